The van der Waals surface area contributed by atoms with Gasteiger partial charge >= 0.3 is 5.97 Å². The Kier molecular flexibility index (Phi) is 4.59. The average Bonchev–Trinajstić information content (AvgIpc) is 2.40. The molecule has 7 heteroatoms. The summed E-state index contributed by atoms with van der Waals surface area (Å²) in [4.78, 5) is 22.9. The molecule has 0 spiro atoms. The van der Waals surface area contributed by atoms with Gasteiger partial charge in [-0.15, -0.1) is 0 Å². The first-order valence-electron chi connectivity index (χ1n) is 5.67. The molecule has 0 aliphatic heterocycles. The smallest absolute Gasteiger partial charge is 0.338 e. The topological polar surface area (TPSA) is 66.4 Å². The largest absolute Gasteiger partial charge is 0.478 e. The van der Waals surface area contributed by atoms with Gasteiger partial charge in [0.05, 0.1) is 16.1 Å². The maximum atomic E-state index is 13.3. The third-order valence-corrected chi connectivity index (χ3v) is 3.44. The fraction of sp³-hybridized carbons (Fsp3) is 0. The van der Waals surface area contributed by atoms with Crippen LogP contribution in [0.5, 0.6) is 0 Å². The maximum absolute atomic E-state index is 13.3. The van der Waals surface area contributed by atoms with Crippen molar-refractivity contribution in [1.29, 1.82) is 0 Å². The fourth-order valence-corrected chi connectivity index (χ4v) is 2.40. The molecule has 108 valence electrons. The molecule has 0 bridgehead atoms. The van der Waals surface area contributed by atoms with Gasteiger partial charge in [-0.1, -0.05) is 27.5 Å². The van der Waals surface area contributed by atoms with Gasteiger partial charge in [0.25, 0.3) is 5.91 Å². The number of hydrogen-bond donors (Lipinski definition) is 2. The summed E-state index contributed by atoms with van der Waals surface area (Å²) >= 11 is 9.18. The molecule has 2 N–H and O–H groups in total. The van der Waals surface area contributed by atoms with Crippen LogP contribution in [0.4, 0.5) is 10.1 Å². The van der Waals surface area contributed by atoms with E-state index in [4.69, 9.17) is 16.7 Å². The van der Waals surface area contributed by atoms with E-state index in [1.807, 2.05) is 0 Å². The molecule has 0 aliphatic carbocycles. The molecule has 0 unspecified atom stereocenters. The van der Waals surface area contributed by atoms with Crippen LogP contribution < -0.4 is 5.32 Å². The van der Waals surface area contributed by atoms with Gasteiger partial charge in [-0.2, -0.15) is 0 Å². The van der Waals surface area contributed by atoms with Gasteiger partial charge in [0.2, 0.25) is 0 Å². The first-order chi connectivity index (χ1) is 9.88. The molecule has 2 aromatic carbocycles. The predicted octanol–water partition coefficient (Wildman–Crippen LogP) is 4.19. The van der Waals surface area contributed by atoms with Crippen molar-refractivity contribution in [2.45, 2.75) is 0 Å². The van der Waals surface area contributed by atoms with Crippen molar-refractivity contribution in [2.75, 3.05) is 5.32 Å². The highest BCUT2D eigenvalue weighted by molar-refractivity contribution is 9.10. The van der Waals surface area contributed by atoms with Crippen LogP contribution in [0.3, 0.4) is 0 Å². The molecule has 0 saturated heterocycles. The number of halogens is 3. The molecule has 0 saturated carbocycles. The second kappa shape index (κ2) is 6.24. The number of carboxylic acid groups (broad SMARTS) is 1. The van der Waals surface area contributed by atoms with E-state index in [1.54, 1.807) is 12.1 Å². The van der Waals surface area contributed by atoms with E-state index < -0.39 is 23.3 Å². The minimum Gasteiger partial charge on any atom is -0.478 e. The van der Waals surface area contributed by atoms with Crippen molar-refractivity contribution in [2.24, 2.45) is 0 Å². The van der Waals surface area contributed by atoms with Gasteiger partial charge in [0.1, 0.15) is 5.82 Å². The number of amides is 1. The van der Waals surface area contributed by atoms with Crippen molar-refractivity contribution in [3.8, 4) is 0 Å². The minimum absolute atomic E-state index is 0.165. The van der Waals surface area contributed by atoms with Crippen molar-refractivity contribution < 1.29 is 19.1 Å². The number of carbonyl (C=O) groups excluding carboxylic acids is 1. The quantitative estimate of drug-likeness (QED) is 0.849. The minimum atomic E-state index is -1.41. The zero-order valence-electron chi connectivity index (χ0n) is 10.4. The van der Waals surface area contributed by atoms with Crippen LogP contribution >= 0.6 is 27.5 Å². The molecule has 0 aromatic heterocycles. The summed E-state index contributed by atoms with van der Waals surface area (Å²) in [5.41, 5.74) is -0.131. The number of rotatable bonds is 3. The van der Waals surface area contributed by atoms with Gasteiger partial charge in [-0.25, -0.2) is 9.18 Å². The number of hydrogen-bond acceptors (Lipinski definition) is 2. The predicted molar refractivity (Wildman–Crippen MR) is 80.5 cm³/mol. The highest BCUT2D eigenvalue weighted by Gasteiger charge is 2.14. The normalized spacial score (nSPS) is 10.2. The highest BCUT2D eigenvalue weighted by atomic mass is 79.9. The summed E-state index contributed by atoms with van der Waals surface area (Å²) in [6.45, 7) is 0. The summed E-state index contributed by atoms with van der Waals surface area (Å²) in [5, 5.41) is 11.5. The Bertz CT molecular complexity index is 736. The number of carbonyl (C=O) groups is 2. The van der Waals surface area contributed by atoms with Gasteiger partial charge in [0.15, 0.2) is 0 Å². The molecule has 21 heavy (non-hydrogen) atoms. The van der Waals surface area contributed by atoms with Gasteiger partial charge in [0, 0.05) is 10.2 Å². The van der Waals surface area contributed by atoms with Gasteiger partial charge in [-0.05, 0) is 36.4 Å². The Morgan fingerprint density at radius 1 is 1.14 bits per heavy atom. The van der Waals surface area contributed by atoms with E-state index in [-0.39, 0.29) is 16.3 Å². The average molecular weight is 373 g/mol. The van der Waals surface area contributed by atoms with Crippen LogP contribution in [0, 0.1) is 5.82 Å². The molecule has 2 rings (SSSR count). The molecule has 0 radical (unpaired) electrons. The first-order valence-corrected chi connectivity index (χ1v) is 6.85. The second-order valence-corrected chi connectivity index (χ2v) is 5.40. The highest BCUT2D eigenvalue weighted by Crippen LogP contribution is 2.23. The lowest BCUT2D eigenvalue weighted by Crippen LogP contribution is -2.13. The molecular formula is C14H8BrClFNO3. The van der Waals surface area contributed by atoms with Crippen molar-refractivity contribution in [3.05, 3.63) is 62.8 Å². The van der Waals surface area contributed by atoms with E-state index in [2.05, 4.69) is 21.2 Å². The number of anilines is 1. The summed E-state index contributed by atoms with van der Waals surface area (Å²) in [7, 11) is 0. The van der Waals surface area contributed by atoms with Crippen LogP contribution in [0.2, 0.25) is 5.02 Å². The van der Waals surface area contributed by atoms with Crippen molar-refractivity contribution in [3.63, 3.8) is 0 Å². The van der Waals surface area contributed by atoms with Crippen LogP contribution in [-0.2, 0) is 0 Å². The van der Waals surface area contributed by atoms with Crippen LogP contribution in [-0.4, -0.2) is 17.0 Å². The summed E-state index contributed by atoms with van der Waals surface area (Å²) in [5.74, 6) is -2.80. The lowest BCUT2D eigenvalue weighted by atomic mass is 10.1. The molecule has 4 nitrogen and oxygen atoms in total. The Hall–Kier alpha value is -1.92. The van der Waals surface area contributed by atoms with E-state index in [0.29, 0.717) is 0 Å². The third-order valence-electron chi connectivity index (χ3n) is 2.63. The van der Waals surface area contributed by atoms with Crippen molar-refractivity contribution in [1.82, 2.24) is 0 Å². The maximum Gasteiger partial charge on any atom is 0.338 e. The Labute approximate surface area is 132 Å². The number of nitrogens with one attached hydrogen (secondary N) is 1. The molecular weight excluding hydrogens is 365 g/mol. The second-order valence-electron chi connectivity index (χ2n) is 4.08. The Balaban J connectivity index is 2.27. The van der Waals surface area contributed by atoms with Crippen LogP contribution in [0.25, 0.3) is 0 Å². The van der Waals surface area contributed by atoms with Gasteiger partial charge < -0.3 is 10.4 Å². The summed E-state index contributed by atoms with van der Waals surface area (Å²) < 4.78 is 14.0. The lowest BCUT2D eigenvalue weighted by Gasteiger charge is -2.08. The van der Waals surface area contributed by atoms with E-state index in [0.717, 1.165) is 16.6 Å². The summed E-state index contributed by atoms with van der Waals surface area (Å²) in [6.07, 6.45) is 0. The molecule has 0 atom stereocenters. The van der Waals surface area contributed by atoms with E-state index in [9.17, 15) is 14.0 Å². The lowest BCUT2D eigenvalue weighted by molar-refractivity contribution is 0.0691. The monoisotopic (exact) mass is 371 g/mol. The van der Waals surface area contributed by atoms with Crippen LogP contribution in [0.1, 0.15) is 20.7 Å². The number of benzene rings is 2. The Morgan fingerprint density at radius 3 is 2.48 bits per heavy atom. The zero-order chi connectivity index (χ0) is 15.6. The van der Waals surface area contributed by atoms with E-state index >= 15 is 0 Å². The molecule has 0 heterocycles. The fourth-order valence-electron chi connectivity index (χ4n) is 1.64. The molecule has 0 fully saturated rings. The third kappa shape index (κ3) is 3.59. The summed E-state index contributed by atoms with van der Waals surface area (Å²) in [6, 6.07) is 8.01. The number of aromatic carboxylic acids is 1. The SMILES string of the molecule is O=C(O)c1cc(NC(=O)c2ccc(Br)cc2Cl)ccc1F. The molecule has 1 amide bonds. The van der Waals surface area contributed by atoms with Crippen LogP contribution in [0.15, 0.2) is 40.9 Å². The number of carboxylic acids is 1. The standard InChI is InChI=1S/C14H8BrClFNO3/c15-7-1-3-9(11(16)5-7)13(19)18-8-2-4-12(17)10(6-8)14(20)21/h1-6H,(H,18,19)(H,20,21). The Morgan fingerprint density at radius 2 is 1.86 bits per heavy atom. The molecule has 2 aromatic rings. The van der Waals surface area contributed by atoms with Gasteiger partial charge in [-0.3, -0.25) is 4.79 Å². The zero-order valence-corrected chi connectivity index (χ0v) is 12.7. The van der Waals surface area contributed by atoms with E-state index in [1.165, 1.54) is 12.1 Å². The first kappa shape index (κ1) is 15.5. The van der Waals surface area contributed by atoms with Crippen molar-refractivity contribution >= 4 is 45.1 Å². The molecule has 0 aliphatic rings.